The highest BCUT2D eigenvalue weighted by Crippen LogP contribution is 2.27. The summed E-state index contributed by atoms with van der Waals surface area (Å²) in [6.07, 6.45) is 4.47. The van der Waals surface area contributed by atoms with E-state index in [4.69, 9.17) is 4.42 Å². The molecule has 3 aromatic rings. The van der Waals surface area contributed by atoms with Crippen LogP contribution in [0.5, 0.6) is 0 Å². The monoisotopic (exact) mass is 332 g/mol. The molecule has 0 radical (unpaired) electrons. The molecule has 0 unspecified atom stereocenters. The molecule has 0 aliphatic rings. The Morgan fingerprint density at radius 2 is 1.88 bits per heavy atom. The Morgan fingerprint density at radius 3 is 2.68 bits per heavy atom. The third kappa shape index (κ3) is 4.14. The van der Waals surface area contributed by atoms with Gasteiger partial charge >= 0.3 is 7.12 Å². The minimum Gasteiger partial charge on any atom is -0.465 e. The van der Waals surface area contributed by atoms with Crippen LogP contribution in [-0.4, -0.2) is 17.2 Å². The second-order valence-corrected chi connectivity index (χ2v) is 6.08. The molecule has 0 bridgehead atoms. The Kier molecular flexibility index (Phi) is 5.60. The maximum atomic E-state index is 9.26. The zero-order chi connectivity index (χ0) is 17.6. The molecule has 126 valence electrons. The third-order valence-electron chi connectivity index (χ3n) is 4.16. The molecule has 0 atom stereocenters. The molecule has 0 aliphatic carbocycles. The molecule has 25 heavy (non-hydrogen) atoms. The number of furan rings is 1. The standard InChI is InChI=1S/C21H21BO3/c1-2-3-4-5-6-9-16-10-7-8-11-19(16)17-12-13-20-18(14-17)15-21(25-20)22(23)24/h7-8,10-15,23-24H,2-5H2,1H3. The smallest absolute Gasteiger partial charge is 0.465 e. The van der Waals surface area contributed by atoms with Crippen LogP contribution < -0.4 is 5.66 Å². The van der Waals surface area contributed by atoms with Crippen molar-refractivity contribution in [2.45, 2.75) is 32.6 Å². The normalized spacial score (nSPS) is 10.5. The van der Waals surface area contributed by atoms with Crippen LogP contribution in [0.15, 0.2) is 52.9 Å². The van der Waals surface area contributed by atoms with Gasteiger partial charge in [0.1, 0.15) is 11.2 Å². The number of hydrogen-bond donors (Lipinski definition) is 2. The quantitative estimate of drug-likeness (QED) is 0.425. The summed E-state index contributed by atoms with van der Waals surface area (Å²) < 4.78 is 5.43. The van der Waals surface area contributed by atoms with Gasteiger partial charge in [-0.15, -0.1) is 0 Å². The van der Waals surface area contributed by atoms with Crippen molar-refractivity contribution in [1.82, 2.24) is 0 Å². The highest BCUT2D eigenvalue weighted by atomic mass is 16.4. The molecular weight excluding hydrogens is 311 g/mol. The summed E-state index contributed by atoms with van der Waals surface area (Å²) >= 11 is 0. The van der Waals surface area contributed by atoms with Crippen LogP contribution >= 0.6 is 0 Å². The zero-order valence-electron chi connectivity index (χ0n) is 14.3. The van der Waals surface area contributed by atoms with Gasteiger partial charge in [0.15, 0.2) is 0 Å². The molecule has 4 heteroatoms. The molecule has 0 amide bonds. The minimum absolute atomic E-state index is 0.149. The molecule has 0 spiro atoms. The zero-order valence-corrected chi connectivity index (χ0v) is 14.3. The Labute approximate surface area is 148 Å². The minimum atomic E-state index is -1.60. The van der Waals surface area contributed by atoms with Gasteiger partial charge < -0.3 is 14.5 Å². The summed E-state index contributed by atoms with van der Waals surface area (Å²) in [5.41, 5.74) is 3.89. The van der Waals surface area contributed by atoms with Gasteiger partial charge in [-0.1, -0.05) is 55.9 Å². The van der Waals surface area contributed by atoms with Crippen molar-refractivity contribution in [3.8, 4) is 23.0 Å². The van der Waals surface area contributed by atoms with E-state index in [0.717, 1.165) is 34.9 Å². The maximum absolute atomic E-state index is 9.26. The van der Waals surface area contributed by atoms with Gasteiger partial charge in [0.25, 0.3) is 0 Å². The van der Waals surface area contributed by atoms with Gasteiger partial charge in [0.05, 0.1) is 0 Å². The number of unbranched alkanes of at least 4 members (excludes halogenated alkanes) is 3. The van der Waals surface area contributed by atoms with E-state index >= 15 is 0 Å². The molecule has 0 aliphatic heterocycles. The summed E-state index contributed by atoms with van der Waals surface area (Å²) in [6, 6.07) is 15.5. The lowest BCUT2D eigenvalue weighted by Gasteiger charge is -2.05. The van der Waals surface area contributed by atoms with Gasteiger partial charge in [-0.25, -0.2) is 0 Å². The first kappa shape index (κ1) is 17.4. The van der Waals surface area contributed by atoms with E-state index in [1.807, 2.05) is 36.4 Å². The van der Waals surface area contributed by atoms with E-state index in [1.165, 1.54) is 12.8 Å². The van der Waals surface area contributed by atoms with Crippen molar-refractivity contribution in [2.75, 3.05) is 0 Å². The van der Waals surface area contributed by atoms with Crippen LogP contribution in [0.2, 0.25) is 0 Å². The van der Waals surface area contributed by atoms with Crippen LogP contribution in [0.25, 0.3) is 22.1 Å². The maximum Gasteiger partial charge on any atom is 0.526 e. The van der Waals surface area contributed by atoms with Gasteiger partial charge in [-0.2, -0.15) is 0 Å². The van der Waals surface area contributed by atoms with E-state index in [0.29, 0.717) is 5.58 Å². The lowest BCUT2D eigenvalue weighted by atomic mass is 9.87. The molecule has 0 saturated heterocycles. The largest absolute Gasteiger partial charge is 0.526 e. The van der Waals surface area contributed by atoms with Gasteiger partial charge in [0, 0.05) is 17.4 Å². The molecule has 3 rings (SSSR count). The predicted molar refractivity (Wildman–Crippen MR) is 102 cm³/mol. The van der Waals surface area contributed by atoms with Gasteiger partial charge in [-0.3, -0.25) is 0 Å². The highest BCUT2D eigenvalue weighted by molar-refractivity contribution is 6.57. The SMILES string of the molecule is CCCCCC#Cc1ccccc1-c1ccc2oc(B(O)O)cc2c1. The van der Waals surface area contributed by atoms with Crippen LogP contribution in [0.1, 0.15) is 38.2 Å². The van der Waals surface area contributed by atoms with E-state index in [-0.39, 0.29) is 5.66 Å². The Hall–Kier alpha value is -2.48. The molecule has 1 heterocycles. The first-order valence-electron chi connectivity index (χ1n) is 8.67. The average molecular weight is 332 g/mol. The first-order valence-corrected chi connectivity index (χ1v) is 8.67. The highest BCUT2D eigenvalue weighted by Gasteiger charge is 2.17. The fourth-order valence-electron chi connectivity index (χ4n) is 2.82. The first-order chi connectivity index (χ1) is 12.2. The molecule has 0 saturated carbocycles. The van der Waals surface area contributed by atoms with Gasteiger partial charge in [-0.05, 0) is 41.8 Å². The number of hydrogen-bond acceptors (Lipinski definition) is 3. The third-order valence-corrected chi connectivity index (χ3v) is 4.16. The summed E-state index contributed by atoms with van der Waals surface area (Å²) in [6.45, 7) is 2.19. The molecule has 3 nitrogen and oxygen atoms in total. The summed E-state index contributed by atoms with van der Waals surface area (Å²) in [5, 5.41) is 19.4. The van der Waals surface area contributed by atoms with E-state index in [9.17, 15) is 10.0 Å². The molecule has 2 N–H and O–H groups in total. The molecule has 0 fully saturated rings. The van der Waals surface area contributed by atoms with Crippen molar-refractivity contribution in [3.05, 3.63) is 54.1 Å². The Morgan fingerprint density at radius 1 is 1.04 bits per heavy atom. The number of rotatable bonds is 5. The van der Waals surface area contributed by atoms with E-state index < -0.39 is 7.12 Å². The van der Waals surface area contributed by atoms with Crippen molar-refractivity contribution >= 4 is 23.7 Å². The number of benzene rings is 2. The van der Waals surface area contributed by atoms with Crippen molar-refractivity contribution in [3.63, 3.8) is 0 Å². The summed E-state index contributed by atoms with van der Waals surface area (Å²) in [7, 11) is -1.60. The van der Waals surface area contributed by atoms with E-state index in [2.05, 4.69) is 24.8 Å². The lowest BCUT2D eigenvalue weighted by Crippen LogP contribution is -2.27. The van der Waals surface area contributed by atoms with Crippen LogP contribution in [0, 0.1) is 11.8 Å². The van der Waals surface area contributed by atoms with Gasteiger partial charge in [0.2, 0.25) is 0 Å². The second kappa shape index (κ2) is 8.07. The molecule has 1 aromatic heterocycles. The van der Waals surface area contributed by atoms with E-state index in [1.54, 1.807) is 6.07 Å². The van der Waals surface area contributed by atoms with Crippen LogP contribution in [-0.2, 0) is 0 Å². The Bertz CT molecular complexity index is 916. The number of fused-ring (bicyclic) bond motifs is 1. The summed E-state index contributed by atoms with van der Waals surface area (Å²) in [5.74, 6) is 6.56. The van der Waals surface area contributed by atoms with Crippen molar-refractivity contribution < 1.29 is 14.5 Å². The van der Waals surface area contributed by atoms with Crippen LogP contribution in [0.3, 0.4) is 0 Å². The Balaban J connectivity index is 1.92. The fraction of sp³-hybridized carbons (Fsp3) is 0.238. The average Bonchev–Trinajstić information content (AvgIpc) is 3.05. The second-order valence-electron chi connectivity index (χ2n) is 6.08. The summed E-state index contributed by atoms with van der Waals surface area (Å²) in [4.78, 5) is 0. The topological polar surface area (TPSA) is 53.6 Å². The van der Waals surface area contributed by atoms with Crippen LogP contribution in [0.4, 0.5) is 0 Å². The molecule has 2 aromatic carbocycles. The predicted octanol–water partition coefficient (Wildman–Crippen LogP) is 3.71. The fourth-order valence-corrected chi connectivity index (χ4v) is 2.82. The van der Waals surface area contributed by atoms with Crippen molar-refractivity contribution in [2.24, 2.45) is 0 Å². The lowest BCUT2D eigenvalue weighted by molar-refractivity contribution is 0.412. The van der Waals surface area contributed by atoms with Crippen molar-refractivity contribution in [1.29, 1.82) is 0 Å². The molecular formula is C21H21BO3.